The van der Waals surface area contributed by atoms with Crippen LogP contribution in [0, 0.1) is 0 Å². The van der Waals surface area contributed by atoms with Gasteiger partial charge >= 0.3 is 5.97 Å². The summed E-state index contributed by atoms with van der Waals surface area (Å²) in [6.45, 7) is 9.65. The first-order valence-electron chi connectivity index (χ1n) is 6.98. The molecule has 1 unspecified atom stereocenters. The molecule has 0 spiro atoms. The lowest BCUT2D eigenvalue weighted by atomic mass is 10.1. The van der Waals surface area contributed by atoms with Crippen molar-refractivity contribution in [3.8, 4) is 0 Å². The van der Waals surface area contributed by atoms with Crippen LogP contribution in [0.1, 0.15) is 49.5 Å². The fourth-order valence-electron chi connectivity index (χ4n) is 2.65. The van der Waals surface area contributed by atoms with Crippen LogP contribution in [-0.4, -0.2) is 40.9 Å². The standard InChI is InChI=1S/C14H22N2O3S/c1-5-6-10-11(12(17)18)20-13(15-10)16-7-9(2)19-14(3,4)8-16/h9H,5-8H2,1-4H3,(H,17,18). The van der Waals surface area contributed by atoms with Crippen LogP contribution in [0.15, 0.2) is 0 Å². The lowest BCUT2D eigenvalue weighted by Gasteiger charge is -2.41. The van der Waals surface area contributed by atoms with Crippen molar-refractivity contribution in [2.24, 2.45) is 0 Å². The van der Waals surface area contributed by atoms with E-state index in [2.05, 4.69) is 9.88 Å². The Morgan fingerprint density at radius 3 is 2.85 bits per heavy atom. The third kappa shape index (κ3) is 3.30. The summed E-state index contributed by atoms with van der Waals surface area (Å²) >= 11 is 1.28. The summed E-state index contributed by atoms with van der Waals surface area (Å²) in [6.07, 6.45) is 1.72. The van der Waals surface area contributed by atoms with Crippen LogP contribution < -0.4 is 4.90 Å². The van der Waals surface area contributed by atoms with E-state index in [1.807, 2.05) is 27.7 Å². The Hall–Kier alpha value is -1.14. The third-order valence-electron chi connectivity index (χ3n) is 3.21. The van der Waals surface area contributed by atoms with E-state index in [1.165, 1.54) is 11.3 Å². The van der Waals surface area contributed by atoms with E-state index in [1.54, 1.807) is 0 Å². The van der Waals surface area contributed by atoms with Gasteiger partial charge in [0.15, 0.2) is 5.13 Å². The molecule has 2 rings (SSSR count). The zero-order valence-corrected chi connectivity index (χ0v) is 13.3. The molecule has 1 atom stereocenters. The average molecular weight is 298 g/mol. The largest absolute Gasteiger partial charge is 0.477 e. The van der Waals surface area contributed by atoms with Crippen LogP contribution in [-0.2, 0) is 11.2 Å². The highest BCUT2D eigenvalue weighted by Crippen LogP contribution is 2.31. The summed E-state index contributed by atoms with van der Waals surface area (Å²) < 4.78 is 5.88. The van der Waals surface area contributed by atoms with Gasteiger partial charge in [-0.1, -0.05) is 24.7 Å². The molecule has 0 amide bonds. The first kappa shape index (κ1) is 15.3. The molecule has 0 aromatic carbocycles. The molecule has 1 aromatic heterocycles. The topological polar surface area (TPSA) is 62.7 Å². The number of carboxylic acids is 1. The number of hydrogen-bond donors (Lipinski definition) is 1. The number of anilines is 1. The van der Waals surface area contributed by atoms with Crippen LogP contribution in [0.25, 0.3) is 0 Å². The molecule has 0 saturated carbocycles. The second kappa shape index (κ2) is 5.69. The van der Waals surface area contributed by atoms with Gasteiger partial charge in [0.25, 0.3) is 0 Å². The van der Waals surface area contributed by atoms with Crippen molar-refractivity contribution in [1.82, 2.24) is 4.98 Å². The van der Waals surface area contributed by atoms with E-state index in [0.29, 0.717) is 17.0 Å². The molecule has 6 heteroatoms. The van der Waals surface area contributed by atoms with E-state index in [9.17, 15) is 9.90 Å². The van der Waals surface area contributed by atoms with E-state index in [4.69, 9.17) is 4.74 Å². The summed E-state index contributed by atoms with van der Waals surface area (Å²) in [5.74, 6) is -0.877. The van der Waals surface area contributed by atoms with Crippen LogP contribution in [0.5, 0.6) is 0 Å². The molecule has 0 bridgehead atoms. The quantitative estimate of drug-likeness (QED) is 0.926. The highest BCUT2D eigenvalue weighted by Gasteiger charge is 2.33. The second-order valence-electron chi connectivity index (χ2n) is 5.90. The third-order valence-corrected chi connectivity index (χ3v) is 4.35. The summed E-state index contributed by atoms with van der Waals surface area (Å²) in [4.78, 5) is 18.4. The van der Waals surface area contributed by atoms with Crippen molar-refractivity contribution in [2.45, 2.75) is 52.2 Å². The maximum atomic E-state index is 11.3. The number of carboxylic acid groups (broad SMARTS) is 1. The van der Waals surface area contributed by atoms with Gasteiger partial charge in [-0.05, 0) is 27.2 Å². The van der Waals surface area contributed by atoms with Crippen LogP contribution in [0.3, 0.4) is 0 Å². The molecule has 1 fully saturated rings. The highest BCUT2D eigenvalue weighted by atomic mass is 32.1. The first-order valence-corrected chi connectivity index (χ1v) is 7.80. The fraction of sp³-hybridized carbons (Fsp3) is 0.714. The molecule has 1 N–H and O–H groups in total. The van der Waals surface area contributed by atoms with Crippen LogP contribution in [0.2, 0.25) is 0 Å². The minimum absolute atomic E-state index is 0.116. The Bertz CT molecular complexity index is 499. The monoisotopic (exact) mass is 298 g/mol. The maximum Gasteiger partial charge on any atom is 0.347 e. The van der Waals surface area contributed by atoms with E-state index in [-0.39, 0.29) is 11.7 Å². The van der Waals surface area contributed by atoms with Gasteiger partial charge in [-0.15, -0.1) is 0 Å². The first-order chi connectivity index (χ1) is 9.32. The number of aryl methyl sites for hydroxylation is 1. The predicted octanol–water partition coefficient (Wildman–Crippen LogP) is 2.80. The average Bonchev–Trinajstić information content (AvgIpc) is 2.71. The van der Waals surface area contributed by atoms with E-state index >= 15 is 0 Å². The normalized spacial score (nSPS) is 22.0. The second-order valence-corrected chi connectivity index (χ2v) is 6.87. The molecule has 0 aliphatic carbocycles. The molecule has 5 nitrogen and oxygen atoms in total. The number of aromatic nitrogens is 1. The zero-order chi connectivity index (χ0) is 14.9. The molecule has 1 aromatic rings. The number of morpholine rings is 1. The molecule has 1 saturated heterocycles. The van der Waals surface area contributed by atoms with Gasteiger partial charge in [0.1, 0.15) is 4.88 Å². The Morgan fingerprint density at radius 2 is 2.30 bits per heavy atom. The number of hydrogen-bond acceptors (Lipinski definition) is 5. The molecule has 2 heterocycles. The molecule has 20 heavy (non-hydrogen) atoms. The summed E-state index contributed by atoms with van der Waals surface area (Å²) in [7, 11) is 0. The summed E-state index contributed by atoms with van der Waals surface area (Å²) in [5.41, 5.74) is 0.467. The van der Waals surface area contributed by atoms with Gasteiger partial charge in [-0.3, -0.25) is 0 Å². The summed E-state index contributed by atoms with van der Waals surface area (Å²) in [6, 6.07) is 0. The molecule has 112 valence electrons. The number of carbonyl (C=O) groups is 1. The van der Waals surface area contributed by atoms with E-state index < -0.39 is 5.97 Å². The number of ether oxygens (including phenoxy) is 1. The van der Waals surface area contributed by atoms with Gasteiger partial charge in [0.05, 0.1) is 17.4 Å². The lowest BCUT2D eigenvalue weighted by Crippen LogP contribution is -2.52. The minimum atomic E-state index is -0.877. The van der Waals surface area contributed by atoms with Gasteiger partial charge in [-0.25, -0.2) is 9.78 Å². The van der Waals surface area contributed by atoms with Gasteiger partial charge in [0.2, 0.25) is 0 Å². The maximum absolute atomic E-state index is 11.3. The molecular formula is C14H22N2O3S. The Balaban J connectivity index is 2.28. The molecule has 1 aliphatic heterocycles. The minimum Gasteiger partial charge on any atom is -0.477 e. The molecule has 1 aliphatic rings. The SMILES string of the molecule is CCCc1nc(N2CC(C)OC(C)(C)C2)sc1C(=O)O. The fourth-order valence-corrected chi connectivity index (χ4v) is 3.61. The van der Waals surface area contributed by atoms with Crippen LogP contribution >= 0.6 is 11.3 Å². The van der Waals surface area contributed by atoms with Crippen molar-refractivity contribution < 1.29 is 14.6 Å². The lowest BCUT2D eigenvalue weighted by molar-refractivity contribution is -0.0749. The van der Waals surface area contributed by atoms with Gasteiger partial charge in [0, 0.05) is 13.1 Å². The van der Waals surface area contributed by atoms with Gasteiger partial charge in [-0.2, -0.15) is 0 Å². The Labute approximate surface area is 123 Å². The zero-order valence-electron chi connectivity index (χ0n) is 12.5. The van der Waals surface area contributed by atoms with Crippen molar-refractivity contribution in [2.75, 3.05) is 18.0 Å². The van der Waals surface area contributed by atoms with Crippen molar-refractivity contribution >= 4 is 22.4 Å². The number of thiazole rings is 1. The Morgan fingerprint density at radius 1 is 1.60 bits per heavy atom. The molecular weight excluding hydrogens is 276 g/mol. The van der Waals surface area contributed by atoms with Crippen LogP contribution in [0.4, 0.5) is 5.13 Å². The van der Waals surface area contributed by atoms with Crippen molar-refractivity contribution in [3.63, 3.8) is 0 Å². The predicted molar refractivity (Wildman–Crippen MR) is 79.9 cm³/mol. The van der Waals surface area contributed by atoms with Crippen molar-refractivity contribution in [3.05, 3.63) is 10.6 Å². The number of rotatable bonds is 4. The summed E-state index contributed by atoms with van der Waals surface area (Å²) in [5, 5.41) is 10.1. The van der Waals surface area contributed by atoms with Crippen molar-refractivity contribution in [1.29, 1.82) is 0 Å². The smallest absolute Gasteiger partial charge is 0.347 e. The van der Waals surface area contributed by atoms with E-state index in [0.717, 1.165) is 24.6 Å². The molecule has 0 radical (unpaired) electrons. The number of nitrogens with zero attached hydrogens (tertiary/aromatic N) is 2. The van der Waals surface area contributed by atoms with Gasteiger partial charge < -0.3 is 14.7 Å². The number of aromatic carboxylic acids is 1. The Kier molecular flexibility index (Phi) is 4.34. The highest BCUT2D eigenvalue weighted by molar-refractivity contribution is 7.17.